The first-order chi connectivity index (χ1) is 7.22. The number of hydrogen-bond donors (Lipinski definition) is 2. The zero-order valence-electron chi connectivity index (χ0n) is 8.27. The summed E-state index contributed by atoms with van der Waals surface area (Å²) in [6.45, 7) is 3.64. The number of phenolic OH excluding ortho intramolecular Hbond substituents is 2. The van der Waals surface area contributed by atoms with Crippen LogP contribution in [-0.2, 0) is 6.42 Å². The van der Waals surface area contributed by atoms with Crippen molar-refractivity contribution in [2.75, 3.05) is 0 Å². The van der Waals surface area contributed by atoms with Crippen LogP contribution in [-0.4, -0.2) is 10.2 Å². The molecular weight excluding hydrogens is 188 g/mol. The summed E-state index contributed by atoms with van der Waals surface area (Å²) in [7, 11) is 0. The van der Waals surface area contributed by atoms with E-state index in [1.54, 1.807) is 24.3 Å². The van der Waals surface area contributed by atoms with Crippen LogP contribution in [0.1, 0.15) is 5.56 Å². The zero-order valence-corrected chi connectivity index (χ0v) is 8.27. The van der Waals surface area contributed by atoms with Gasteiger partial charge in [0.2, 0.25) is 0 Å². The Labute approximate surface area is 88.1 Å². The maximum Gasteiger partial charge on any atom is 0.126 e. The lowest BCUT2D eigenvalue weighted by atomic mass is 10.0. The van der Waals surface area contributed by atoms with Gasteiger partial charge < -0.3 is 10.2 Å². The second-order valence-electron chi connectivity index (χ2n) is 3.47. The molecule has 2 rings (SSSR count). The van der Waals surface area contributed by atoms with E-state index in [4.69, 9.17) is 0 Å². The second-order valence-corrected chi connectivity index (χ2v) is 3.47. The molecule has 0 aliphatic heterocycles. The molecule has 76 valence electrons. The molecule has 0 aliphatic rings. The van der Waals surface area contributed by atoms with Crippen molar-refractivity contribution in [2.45, 2.75) is 6.42 Å². The van der Waals surface area contributed by atoms with E-state index in [2.05, 4.69) is 6.58 Å². The maximum atomic E-state index is 9.94. The van der Waals surface area contributed by atoms with Crippen LogP contribution < -0.4 is 0 Å². The number of rotatable bonds is 2. The maximum absolute atomic E-state index is 9.94. The molecule has 0 spiro atoms. The first kappa shape index (κ1) is 9.59. The predicted octanol–water partition coefficient (Wildman–Crippen LogP) is 2.98. The van der Waals surface area contributed by atoms with Gasteiger partial charge in [-0.05, 0) is 35.6 Å². The Morgan fingerprint density at radius 3 is 2.67 bits per heavy atom. The van der Waals surface area contributed by atoms with Crippen molar-refractivity contribution in [3.63, 3.8) is 0 Å². The third-order valence-electron chi connectivity index (χ3n) is 2.42. The summed E-state index contributed by atoms with van der Waals surface area (Å²) < 4.78 is 0. The normalized spacial score (nSPS) is 10.4. The molecule has 0 heterocycles. The van der Waals surface area contributed by atoms with Crippen LogP contribution in [0.5, 0.6) is 11.5 Å². The summed E-state index contributed by atoms with van der Waals surface area (Å²) in [5.41, 5.74) is 0.850. The van der Waals surface area contributed by atoms with E-state index in [1.807, 2.05) is 12.1 Å². The molecule has 2 nitrogen and oxygen atoms in total. The molecular formula is C13H12O2. The van der Waals surface area contributed by atoms with Crippen LogP contribution in [0.15, 0.2) is 43.0 Å². The monoisotopic (exact) mass is 200 g/mol. The van der Waals surface area contributed by atoms with Crippen molar-refractivity contribution in [1.29, 1.82) is 0 Å². The van der Waals surface area contributed by atoms with Gasteiger partial charge in [-0.2, -0.15) is 0 Å². The van der Waals surface area contributed by atoms with Crippen LogP contribution in [0, 0.1) is 0 Å². The Balaban J connectivity index is 2.68. The topological polar surface area (TPSA) is 40.5 Å². The van der Waals surface area contributed by atoms with Crippen molar-refractivity contribution in [3.05, 3.63) is 48.6 Å². The van der Waals surface area contributed by atoms with Gasteiger partial charge in [-0.1, -0.05) is 18.2 Å². The Morgan fingerprint density at radius 2 is 1.93 bits per heavy atom. The minimum atomic E-state index is 0.207. The van der Waals surface area contributed by atoms with Gasteiger partial charge in [0.25, 0.3) is 0 Å². The lowest BCUT2D eigenvalue weighted by molar-refractivity contribution is 0.473. The highest BCUT2D eigenvalue weighted by Gasteiger charge is 2.05. The molecule has 15 heavy (non-hydrogen) atoms. The zero-order chi connectivity index (χ0) is 10.8. The predicted molar refractivity (Wildman–Crippen MR) is 61.2 cm³/mol. The van der Waals surface area contributed by atoms with Gasteiger partial charge in [0.15, 0.2) is 0 Å². The van der Waals surface area contributed by atoms with Gasteiger partial charge >= 0.3 is 0 Å². The van der Waals surface area contributed by atoms with E-state index >= 15 is 0 Å². The van der Waals surface area contributed by atoms with Crippen LogP contribution in [0.4, 0.5) is 0 Å². The van der Waals surface area contributed by atoms with Crippen molar-refractivity contribution in [1.82, 2.24) is 0 Å². The van der Waals surface area contributed by atoms with Crippen molar-refractivity contribution in [2.24, 2.45) is 0 Å². The largest absolute Gasteiger partial charge is 0.508 e. The van der Waals surface area contributed by atoms with Crippen molar-refractivity contribution >= 4 is 10.8 Å². The van der Waals surface area contributed by atoms with Crippen LogP contribution in [0.3, 0.4) is 0 Å². The SMILES string of the molecule is C=CCc1ccc2cc(O)ccc2c1O. The summed E-state index contributed by atoms with van der Waals surface area (Å²) in [6, 6.07) is 8.64. The average molecular weight is 200 g/mol. The summed E-state index contributed by atoms with van der Waals surface area (Å²) in [5.74, 6) is 0.478. The van der Waals surface area contributed by atoms with Crippen LogP contribution in [0.2, 0.25) is 0 Å². The van der Waals surface area contributed by atoms with Crippen LogP contribution in [0.25, 0.3) is 10.8 Å². The van der Waals surface area contributed by atoms with Gasteiger partial charge in [0.05, 0.1) is 0 Å². The van der Waals surface area contributed by atoms with E-state index in [1.165, 1.54) is 0 Å². The van der Waals surface area contributed by atoms with E-state index in [0.29, 0.717) is 6.42 Å². The van der Waals surface area contributed by atoms with Gasteiger partial charge in [0, 0.05) is 5.39 Å². The number of phenols is 2. The Morgan fingerprint density at radius 1 is 1.13 bits per heavy atom. The molecule has 2 N–H and O–H groups in total. The van der Waals surface area contributed by atoms with Crippen molar-refractivity contribution < 1.29 is 10.2 Å². The standard InChI is InChI=1S/C13H12O2/c1-2-3-9-4-5-10-8-11(14)6-7-12(10)13(9)15/h2,4-8,14-15H,1,3H2. The fourth-order valence-corrected chi connectivity index (χ4v) is 1.67. The second kappa shape index (κ2) is 3.65. The van der Waals surface area contributed by atoms with E-state index in [9.17, 15) is 10.2 Å². The molecule has 0 aromatic heterocycles. The lowest BCUT2D eigenvalue weighted by Gasteiger charge is -2.06. The first-order valence-electron chi connectivity index (χ1n) is 4.77. The molecule has 0 fully saturated rings. The minimum Gasteiger partial charge on any atom is -0.508 e. The molecule has 0 aliphatic carbocycles. The molecule has 0 amide bonds. The average Bonchev–Trinajstić information content (AvgIpc) is 2.22. The molecule has 2 heteroatoms. The smallest absolute Gasteiger partial charge is 0.126 e. The molecule has 0 saturated carbocycles. The molecule has 2 aromatic rings. The highest BCUT2D eigenvalue weighted by atomic mass is 16.3. The number of benzene rings is 2. The number of fused-ring (bicyclic) bond motifs is 1. The molecule has 0 unspecified atom stereocenters. The molecule has 0 bridgehead atoms. The third-order valence-corrected chi connectivity index (χ3v) is 2.42. The quantitative estimate of drug-likeness (QED) is 0.731. The summed E-state index contributed by atoms with van der Waals surface area (Å²) >= 11 is 0. The fourth-order valence-electron chi connectivity index (χ4n) is 1.67. The minimum absolute atomic E-state index is 0.207. The third kappa shape index (κ3) is 1.66. The first-order valence-corrected chi connectivity index (χ1v) is 4.77. The van der Waals surface area contributed by atoms with Gasteiger partial charge in [-0.15, -0.1) is 6.58 Å². The number of allylic oxidation sites excluding steroid dienone is 1. The molecule has 0 saturated heterocycles. The Hall–Kier alpha value is -1.96. The Kier molecular flexibility index (Phi) is 2.34. The Bertz CT molecular complexity index is 515. The van der Waals surface area contributed by atoms with Crippen LogP contribution >= 0.6 is 0 Å². The van der Waals surface area contributed by atoms with E-state index < -0.39 is 0 Å². The molecule has 0 atom stereocenters. The summed E-state index contributed by atoms with van der Waals surface area (Å²) in [5, 5.41) is 20.8. The lowest BCUT2D eigenvalue weighted by Crippen LogP contribution is -1.83. The highest BCUT2D eigenvalue weighted by Crippen LogP contribution is 2.31. The summed E-state index contributed by atoms with van der Waals surface area (Å²) in [6.07, 6.45) is 2.39. The van der Waals surface area contributed by atoms with Gasteiger partial charge in [-0.25, -0.2) is 0 Å². The van der Waals surface area contributed by atoms with Gasteiger partial charge in [-0.3, -0.25) is 0 Å². The summed E-state index contributed by atoms with van der Waals surface area (Å²) in [4.78, 5) is 0. The molecule has 0 radical (unpaired) electrons. The van der Waals surface area contributed by atoms with E-state index in [0.717, 1.165) is 16.3 Å². The number of hydrogen-bond acceptors (Lipinski definition) is 2. The van der Waals surface area contributed by atoms with Crippen molar-refractivity contribution in [3.8, 4) is 11.5 Å². The van der Waals surface area contributed by atoms with Gasteiger partial charge in [0.1, 0.15) is 11.5 Å². The fraction of sp³-hybridized carbons (Fsp3) is 0.0769. The molecule has 2 aromatic carbocycles. The highest BCUT2D eigenvalue weighted by molar-refractivity contribution is 5.90. The number of aromatic hydroxyl groups is 2. The van der Waals surface area contributed by atoms with E-state index in [-0.39, 0.29) is 11.5 Å².